The highest BCUT2D eigenvalue weighted by atomic mass is 32.2. The number of aryl methyl sites for hydroxylation is 1. The summed E-state index contributed by atoms with van der Waals surface area (Å²) in [7, 11) is 0. The summed E-state index contributed by atoms with van der Waals surface area (Å²) in [5.74, 6) is -0.473. The number of imide groups is 1. The largest absolute Gasteiger partial charge is 0.465 e. The van der Waals surface area contributed by atoms with Crippen molar-refractivity contribution in [3.05, 3.63) is 56.7 Å². The van der Waals surface area contributed by atoms with Gasteiger partial charge in [-0.3, -0.25) is 29.4 Å². The first-order valence-corrected chi connectivity index (χ1v) is 9.38. The molecule has 2 amide bonds. The Labute approximate surface area is 169 Å². The molecule has 3 rings (SSSR count). The van der Waals surface area contributed by atoms with Crippen LogP contribution in [-0.4, -0.2) is 40.1 Å². The molecule has 1 saturated heterocycles. The second kappa shape index (κ2) is 8.31. The zero-order valence-electron chi connectivity index (χ0n) is 15.5. The van der Waals surface area contributed by atoms with Crippen molar-refractivity contribution in [2.24, 2.45) is 0 Å². The van der Waals surface area contributed by atoms with Gasteiger partial charge in [0.25, 0.3) is 16.8 Å². The summed E-state index contributed by atoms with van der Waals surface area (Å²) >= 11 is 0.705. The van der Waals surface area contributed by atoms with E-state index in [1.807, 2.05) is 0 Å². The molecule has 0 spiro atoms. The minimum Gasteiger partial charge on any atom is -0.465 e. The van der Waals surface area contributed by atoms with Crippen LogP contribution in [0, 0.1) is 17.0 Å². The van der Waals surface area contributed by atoms with E-state index < -0.39 is 28.6 Å². The fraction of sp³-hybridized carbons (Fsp3) is 0.211. The van der Waals surface area contributed by atoms with Crippen LogP contribution in [-0.2, 0) is 14.3 Å². The van der Waals surface area contributed by atoms with E-state index in [-0.39, 0.29) is 17.2 Å². The number of thioether (sulfide) groups is 1. The Bertz CT molecular complexity index is 1040. The Balaban J connectivity index is 1.79. The molecule has 150 valence electrons. The van der Waals surface area contributed by atoms with E-state index in [4.69, 9.17) is 9.15 Å². The number of hydrogen-bond donors (Lipinski definition) is 0. The summed E-state index contributed by atoms with van der Waals surface area (Å²) in [5, 5.41) is 10.4. The first-order chi connectivity index (χ1) is 13.8. The number of furan rings is 1. The predicted octanol–water partition coefficient (Wildman–Crippen LogP) is 3.76. The van der Waals surface area contributed by atoms with Crippen molar-refractivity contribution < 1.29 is 28.5 Å². The Morgan fingerprint density at radius 3 is 2.72 bits per heavy atom. The van der Waals surface area contributed by atoms with E-state index in [2.05, 4.69) is 0 Å². The van der Waals surface area contributed by atoms with Crippen molar-refractivity contribution >= 4 is 40.6 Å². The third-order valence-electron chi connectivity index (χ3n) is 4.04. The summed E-state index contributed by atoms with van der Waals surface area (Å²) < 4.78 is 10.5. The second-order valence-corrected chi connectivity index (χ2v) is 7.03. The third-order valence-corrected chi connectivity index (χ3v) is 4.95. The molecule has 0 bridgehead atoms. The van der Waals surface area contributed by atoms with Crippen LogP contribution in [0.15, 0.2) is 39.7 Å². The molecule has 0 radical (unpaired) electrons. The van der Waals surface area contributed by atoms with E-state index in [1.54, 1.807) is 38.1 Å². The summed E-state index contributed by atoms with van der Waals surface area (Å²) in [4.78, 5) is 47.4. The van der Waals surface area contributed by atoms with Gasteiger partial charge in [-0.25, -0.2) is 0 Å². The van der Waals surface area contributed by atoms with Gasteiger partial charge in [0, 0.05) is 23.3 Å². The van der Waals surface area contributed by atoms with E-state index in [9.17, 15) is 24.5 Å². The van der Waals surface area contributed by atoms with Crippen LogP contribution in [0.4, 0.5) is 10.5 Å². The average molecular weight is 416 g/mol. The van der Waals surface area contributed by atoms with Gasteiger partial charge in [0.2, 0.25) is 0 Å². The zero-order chi connectivity index (χ0) is 21.1. The highest BCUT2D eigenvalue weighted by Gasteiger charge is 2.36. The third kappa shape index (κ3) is 4.37. The maximum Gasteiger partial charge on any atom is 0.326 e. The second-order valence-electron chi connectivity index (χ2n) is 6.03. The Hall–Kier alpha value is -3.40. The minimum absolute atomic E-state index is 0.0100. The number of esters is 1. The van der Waals surface area contributed by atoms with Crippen molar-refractivity contribution in [3.63, 3.8) is 0 Å². The van der Waals surface area contributed by atoms with Gasteiger partial charge in [0.05, 0.1) is 16.4 Å². The Morgan fingerprint density at radius 2 is 2.07 bits per heavy atom. The smallest absolute Gasteiger partial charge is 0.326 e. The predicted molar refractivity (Wildman–Crippen MR) is 105 cm³/mol. The number of nitro benzene ring substituents is 1. The highest BCUT2D eigenvalue weighted by molar-refractivity contribution is 8.18. The topological polar surface area (TPSA) is 120 Å². The molecule has 29 heavy (non-hydrogen) atoms. The van der Waals surface area contributed by atoms with Gasteiger partial charge < -0.3 is 9.15 Å². The summed E-state index contributed by atoms with van der Waals surface area (Å²) in [6, 6.07) is 7.88. The number of benzene rings is 1. The number of hydrogen-bond acceptors (Lipinski definition) is 8. The quantitative estimate of drug-likeness (QED) is 0.302. The lowest BCUT2D eigenvalue weighted by atomic mass is 10.1. The monoisotopic (exact) mass is 416 g/mol. The maximum absolute atomic E-state index is 12.4. The molecule has 0 unspecified atom stereocenters. The molecule has 2 aromatic rings. The first-order valence-electron chi connectivity index (χ1n) is 8.56. The lowest BCUT2D eigenvalue weighted by molar-refractivity contribution is -0.385. The molecule has 1 aliphatic heterocycles. The fourth-order valence-electron chi connectivity index (χ4n) is 2.70. The van der Waals surface area contributed by atoms with Crippen LogP contribution in [0.1, 0.15) is 18.2 Å². The molecule has 2 heterocycles. The number of nitrogens with zero attached hydrogens (tertiary/aromatic N) is 2. The average Bonchev–Trinajstić information content (AvgIpc) is 3.22. The standard InChI is InChI=1S/C19H16N2O7S/c1-3-27-17(22)10-20-18(23)16(29-19(20)24)9-13-5-7-15(28-13)12-4-6-14(21(25)26)11(2)8-12/h4-9H,3,10H2,1-2H3/b16-9-. The van der Waals surface area contributed by atoms with Crippen LogP contribution in [0.3, 0.4) is 0 Å². The molecule has 1 fully saturated rings. The lowest BCUT2D eigenvalue weighted by Crippen LogP contribution is -2.34. The van der Waals surface area contributed by atoms with Crippen LogP contribution in [0.2, 0.25) is 0 Å². The van der Waals surface area contributed by atoms with Gasteiger partial charge in [-0.1, -0.05) is 0 Å². The molecule has 1 aliphatic rings. The molecule has 0 aliphatic carbocycles. The maximum atomic E-state index is 12.4. The normalized spacial score (nSPS) is 15.2. The van der Waals surface area contributed by atoms with E-state index in [1.165, 1.54) is 12.1 Å². The number of carbonyl (C=O) groups excluding carboxylic acids is 3. The summed E-state index contributed by atoms with van der Waals surface area (Å²) in [6.07, 6.45) is 1.41. The van der Waals surface area contributed by atoms with Crippen LogP contribution in [0.5, 0.6) is 0 Å². The van der Waals surface area contributed by atoms with Gasteiger partial charge in [0.15, 0.2) is 0 Å². The first kappa shape index (κ1) is 20.3. The SMILES string of the molecule is CCOC(=O)CN1C(=O)S/C(=C\c2ccc(-c3ccc([N+](=O)[O-])c(C)c3)o2)C1=O. The molecule has 9 nitrogen and oxygen atoms in total. The fourth-order valence-corrected chi connectivity index (χ4v) is 3.52. The highest BCUT2D eigenvalue weighted by Crippen LogP contribution is 2.33. The van der Waals surface area contributed by atoms with Crippen LogP contribution >= 0.6 is 11.8 Å². The van der Waals surface area contributed by atoms with Crippen molar-refractivity contribution in [1.29, 1.82) is 0 Å². The van der Waals surface area contributed by atoms with Crippen LogP contribution in [0.25, 0.3) is 17.4 Å². The van der Waals surface area contributed by atoms with Crippen molar-refractivity contribution in [2.75, 3.05) is 13.2 Å². The van der Waals surface area contributed by atoms with Crippen molar-refractivity contribution in [3.8, 4) is 11.3 Å². The number of rotatable bonds is 6. The molecular weight excluding hydrogens is 400 g/mol. The number of ether oxygens (including phenoxy) is 1. The number of nitro groups is 1. The lowest BCUT2D eigenvalue weighted by Gasteiger charge is -2.10. The Kier molecular flexibility index (Phi) is 5.83. The van der Waals surface area contributed by atoms with Gasteiger partial charge in [0.1, 0.15) is 18.1 Å². The van der Waals surface area contributed by atoms with Crippen LogP contribution < -0.4 is 0 Å². The molecule has 1 aromatic carbocycles. The molecular formula is C19H16N2O7S. The number of amides is 2. The van der Waals surface area contributed by atoms with E-state index in [0.717, 1.165) is 4.90 Å². The number of carbonyl (C=O) groups is 3. The van der Waals surface area contributed by atoms with Crippen molar-refractivity contribution in [1.82, 2.24) is 4.90 Å². The van der Waals surface area contributed by atoms with Crippen molar-refractivity contribution in [2.45, 2.75) is 13.8 Å². The molecule has 0 atom stereocenters. The van der Waals surface area contributed by atoms with Gasteiger partial charge in [-0.05, 0) is 49.9 Å². The minimum atomic E-state index is -0.662. The summed E-state index contributed by atoms with van der Waals surface area (Å²) in [6.45, 7) is 2.97. The van der Waals surface area contributed by atoms with Gasteiger partial charge >= 0.3 is 5.97 Å². The van der Waals surface area contributed by atoms with E-state index >= 15 is 0 Å². The molecule has 0 saturated carbocycles. The van der Waals surface area contributed by atoms with E-state index in [0.29, 0.717) is 34.4 Å². The van der Waals surface area contributed by atoms with Gasteiger partial charge in [-0.15, -0.1) is 0 Å². The molecule has 0 N–H and O–H groups in total. The summed E-state index contributed by atoms with van der Waals surface area (Å²) in [5.41, 5.74) is 1.14. The van der Waals surface area contributed by atoms with Gasteiger partial charge in [-0.2, -0.15) is 0 Å². The molecule has 10 heteroatoms. The zero-order valence-corrected chi connectivity index (χ0v) is 16.4. The Morgan fingerprint density at radius 1 is 1.31 bits per heavy atom. The molecule has 1 aromatic heterocycles.